The van der Waals surface area contributed by atoms with E-state index in [1.807, 2.05) is 13.0 Å². The number of hydrazine groups is 1. The summed E-state index contributed by atoms with van der Waals surface area (Å²) in [5.74, 6) is 7.36. The first-order valence-corrected chi connectivity index (χ1v) is 6.42. The average Bonchev–Trinajstić information content (AvgIpc) is 2.37. The van der Waals surface area contributed by atoms with Crippen LogP contribution >= 0.6 is 0 Å². The van der Waals surface area contributed by atoms with Crippen molar-refractivity contribution in [3.8, 4) is 0 Å². The maximum absolute atomic E-state index is 5.33. The normalized spacial score (nSPS) is 17.7. The summed E-state index contributed by atoms with van der Waals surface area (Å²) >= 11 is 0. The Morgan fingerprint density at radius 1 is 1.39 bits per heavy atom. The van der Waals surface area contributed by atoms with E-state index in [0.29, 0.717) is 5.95 Å². The molecule has 0 spiro atoms. The van der Waals surface area contributed by atoms with Crippen molar-refractivity contribution in [2.75, 3.05) is 37.4 Å². The zero-order valence-electron chi connectivity index (χ0n) is 11.1. The van der Waals surface area contributed by atoms with E-state index in [9.17, 15) is 0 Å². The molecule has 0 saturated carbocycles. The largest absolute Gasteiger partial charge is 0.370 e. The molecule has 4 N–H and O–H groups in total. The summed E-state index contributed by atoms with van der Waals surface area (Å²) in [5, 5.41) is 3.38. The Balaban J connectivity index is 1.88. The number of nitrogen functional groups attached to an aromatic ring is 1. The van der Waals surface area contributed by atoms with Gasteiger partial charge in [-0.15, -0.1) is 0 Å². The van der Waals surface area contributed by atoms with Crippen molar-refractivity contribution in [2.45, 2.75) is 19.8 Å². The minimum absolute atomic E-state index is 0.459. The molecule has 1 aromatic heterocycles. The van der Waals surface area contributed by atoms with Gasteiger partial charge in [0.1, 0.15) is 5.82 Å². The minimum Gasteiger partial charge on any atom is -0.370 e. The zero-order valence-corrected chi connectivity index (χ0v) is 11.1. The van der Waals surface area contributed by atoms with Crippen LogP contribution in [0.5, 0.6) is 0 Å². The van der Waals surface area contributed by atoms with Crippen LogP contribution in [0.15, 0.2) is 6.07 Å². The van der Waals surface area contributed by atoms with Crippen molar-refractivity contribution < 1.29 is 0 Å². The number of hydrogen-bond donors (Lipinski definition) is 3. The molecule has 100 valence electrons. The van der Waals surface area contributed by atoms with Gasteiger partial charge in [-0.3, -0.25) is 5.43 Å². The number of hydrogen-bond acceptors (Lipinski definition) is 6. The molecule has 6 heteroatoms. The standard InChI is InChI=1S/C12H22N6/c1-9-7-11(16-12(15-9)17-13)14-8-10-3-5-18(2)6-4-10/h7,10H,3-6,8,13H2,1-2H3,(H2,14,15,16,17). The first-order valence-electron chi connectivity index (χ1n) is 6.42. The number of aromatic nitrogens is 2. The van der Waals surface area contributed by atoms with Crippen LogP contribution in [-0.2, 0) is 0 Å². The van der Waals surface area contributed by atoms with Crippen molar-refractivity contribution in [3.05, 3.63) is 11.8 Å². The second-order valence-corrected chi connectivity index (χ2v) is 4.99. The van der Waals surface area contributed by atoms with Crippen molar-refractivity contribution >= 4 is 11.8 Å². The lowest BCUT2D eigenvalue weighted by Gasteiger charge is -2.29. The molecular weight excluding hydrogens is 228 g/mol. The van der Waals surface area contributed by atoms with Crippen LogP contribution in [0.1, 0.15) is 18.5 Å². The van der Waals surface area contributed by atoms with E-state index in [1.165, 1.54) is 25.9 Å². The Hall–Kier alpha value is -1.40. The van der Waals surface area contributed by atoms with Gasteiger partial charge in [-0.05, 0) is 45.8 Å². The summed E-state index contributed by atoms with van der Waals surface area (Å²) in [6.45, 7) is 5.27. The van der Waals surface area contributed by atoms with Crippen LogP contribution in [0.4, 0.5) is 11.8 Å². The summed E-state index contributed by atoms with van der Waals surface area (Å²) in [6, 6.07) is 1.94. The van der Waals surface area contributed by atoms with Crippen LogP contribution in [0, 0.1) is 12.8 Å². The minimum atomic E-state index is 0.459. The van der Waals surface area contributed by atoms with E-state index in [0.717, 1.165) is 24.0 Å². The van der Waals surface area contributed by atoms with Gasteiger partial charge in [0, 0.05) is 18.3 Å². The Kier molecular flexibility index (Phi) is 4.33. The van der Waals surface area contributed by atoms with Crippen molar-refractivity contribution in [2.24, 2.45) is 11.8 Å². The van der Waals surface area contributed by atoms with E-state index >= 15 is 0 Å². The molecule has 0 bridgehead atoms. The molecule has 1 aliphatic heterocycles. The van der Waals surface area contributed by atoms with Gasteiger partial charge in [-0.1, -0.05) is 0 Å². The second-order valence-electron chi connectivity index (χ2n) is 4.99. The third-order valence-electron chi connectivity index (χ3n) is 3.39. The predicted molar refractivity (Wildman–Crippen MR) is 73.3 cm³/mol. The summed E-state index contributed by atoms with van der Waals surface area (Å²) in [4.78, 5) is 10.8. The van der Waals surface area contributed by atoms with Gasteiger partial charge >= 0.3 is 0 Å². The number of rotatable bonds is 4. The molecule has 1 saturated heterocycles. The Morgan fingerprint density at radius 2 is 2.11 bits per heavy atom. The molecule has 6 nitrogen and oxygen atoms in total. The van der Waals surface area contributed by atoms with Gasteiger partial charge in [-0.2, -0.15) is 4.98 Å². The van der Waals surface area contributed by atoms with E-state index < -0.39 is 0 Å². The highest BCUT2D eigenvalue weighted by atomic mass is 15.3. The van der Waals surface area contributed by atoms with Crippen molar-refractivity contribution in [1.82, 2.24) is 14.9 Å². The third kappa shape index (κ3) is 3.54. The lowest BCUT2D eigenvalue weighted by atomic mass is 9.97. The molecule has 1 fully saturated rings. The van der Waals surface area contributed by atoms with Crippen LogP contribution < -0.4 is 16.6 Å². The predicted octanol–water partition coefficient (Wildman–Crippen LogP) is 0.824. The molecule has 0 radical (unpaired) electrons. The maximum atomic E-state index is 5.33. The van der Waals surface area contributed by atoms with E-state index in [1.54, 1.807) is 0 Å². The zero-order chi connectivity index (χ0) is 13.0. The summed E-state index contributed by atoms with van der Waals surface area (Å²) in [7, 11) is 2.18. The molecule has 0 unspecified atom stereocenters. The lowest BCUT2D eigenvalue weighted by Crippen LogP contribution is -2.33. The highest BCUT2D eigenvalue weighted by molar-refractivity contribution is 5.41. The monoisotopic (exact) mass is 250 g/mol. The fourth-order valence-corrected chi connectivity index (χ4v) is 2.24. The van der Waals surface area contributed by atoms with Gasteiger partial charge in [0.05, 0.1) is 0 Å². The number of aryl methyl sites for hydroxylation is 1. The van der Waals surface area contributed by atoms with Gasteiger partial charge in [0.25, 0.3) is 0 Å². The lowest BCUT2D eigenvalue weighted by molar-refractivity contribution is 0.226. The fourth-order valence-electron chi connectivity index (χ4n) is 2.24. The Morgan fingerprint density at radius 3 is 2.78 bits per heavy atom. The van der Waals surface area contributed by atoms with E-state index in [2.05, 4.69) is 32.7 Å². The van der Waals surface area contributed by atoms with Crippen LogP contribution in [0.2, 0.25) is 0 Å². The summed E-state index contributed by atoms with van der Waals surface area (Å²) in [6.07, 6.45) is 2.49. The van der Waals surface area contributed by atoms with Gasteiger partial charge in [0.15, 0.2) is 0 Å². The average molecular weight is 250 g/mol. The van der Waals surface area contributed by atoms with Gasteiger partial charge < -0.3 is 10.2 Å². The third-order valence-corrected chi connectivity index (χ3v) is 3.39. The molecule has 2 rings (SSSR count). The number of anilines is 2. The number of likely N-dealkylation sites (tertiary alicyclic amines) is 1. The number of nitrogens with zero attached hydrogens (tertiary/aromatic N) is 3. The van der Waals surface area contributed by atoms with Crippen molar-refractivity contribution in [1.29, 1.82) is 0 Å². The summed E-state index contributed by atoms with van der Waals surface area (Å²) in [5.41, 5.74) is 3.39. The second kappa shape index (κ2) is 5.97. The first-order chi connectivity index (χ1) is 8.67. The molecule has 1 aromatic rings. The Labute approximate surface area is 108 Å². The van der Waals surface area contributed by atoms with Crippen LogP contribution in [0.3, 0.4) is 0 Å². The Bertz CT molecular complexity index is 386. The quantitative estimate of drug-likeness (QED) is 0.542. The van der Waals surface area contributed by atoms with E-state index in [4.69, 9.17) is 5.84 Å². The molecule has 0 atom stereocenters. The maximum Gasteiger partial charge on any atom is 0.239 e. The number of nitrogens with two attached hydrogens (primary N) is 1. The van der Waals surface area contributed by atoms with Crippen LogP contribution in [0.25, 0.3) is 0 Å². The molecule has 2 heterocycles. The number of piperidine rings is 1. The topological polar surface area (TPSA) is 79.1 Å². The molecule has 18 heavy (non-hydrogen) atoms. The SMILES string of the molecule is Cc1cc(NCC2CCN(C)CC2)nc(NN)n1. The van der Waals surface area contributed by atoms with Crippen LogP contribution in [-0.4, -0.2) is 41.5 Å². The molecular formula is C12H22N6. The van der Waals surface area contributed by atoms with E-state index in [-0.39, 0.29) is 0 Å². The first kappa shape index (κ1) is 13.0. The smallest absolute Gasteiger partial charge is 0.239 e. The summed E-state index contributed by atoms with van der Waals surface area (Å²) < 4.78 is 0. The molecule has 0 amide bonds. The fraction of sp³-hybridized carbons (Fsp3) is 0.667. The molecule has 0 aliphatic carbocycles. The van der Waals surface area contributed by atoms with Gasteiger partial charge in [0.2, 0.25) is 5.95 Å². The van der Waals surface area contributed by atoms with Gasteiger partial charge in [-0.25, -0.2) is 10.8 Å². The number of nitrogens with one attached hydrogen (secondary N) is 2. The molecule has 0 aromatic carbocycles. The highest BCUT2D eigenvalue weighted by Gasteiger charge is 2.16. The highest BCUT2D eigenvalue weighted by Crippen LogP contribution is 2.17. The molecule has 1 aliphatic rings. The van der Waals surface area contributed by atoms with Crippen molar-refractivity contribution in [3.63, 3.8) is 0 Å².